The fourth-order valence-corrected chi connectivity index (χ4v) is 1.99. The Balaban J connectivity index is 2.52. The van der Waals surface area contributed by atoms with Crippen molar-refractivity contribution in [3.63, 3.8) is 0 Å². The molecular weight excluding hydrogens is 266 g/mol. The van der Waals surface area contributed by atoms with Gasteiger partial charge in [-0.05, 0) is 24.5 Å². The molecule has 0 spiro atoms. The average Bonchev–Trinajstić information content (AvgIpc) is 2.31. The Hall–Kier alpha value is -1.55. The lowest BCUT2D eigenvalue weighted by atomic mass is 9.91. The molecule has 0 bridgehead atoms. The SMILES string of the molecule is CC(C)[C@@H](CCC(=O)Nc1ccccc1Cl)C(=O)O. The second kappa shape index (κ2) is 7.14. The van der Waals surface area contributed by atoms with Crippen LogP contribution in [0.1, 0.15) is 26.7 Å². The molecule has 2 N–H and O–H groups in total. The van der Waals surface area contributed by atoms with Crippen molar-refractivity contribution >= 4 is 29.2 Å². The van der Waals surface area contributed by atoms with E-state index in [2.05, 4.69) is 5.32 Å². The zero-order valence-electron chi connectivity index (χ0n) is 11.0. The summed E-state index contributed by atoms with van der Waals surface area (Å²) in [5.74, 6) is -1.58. The molecule has 1 aromatic rings. The molecule has 0 fully saturated rings. The third-order valence-corrected chi connectivity index (χ3v) is 3.28. The minimum Gasteiger partial charge on any atom is -0.481 e. The molecule has 0 radical (unpaired) electrons. The Morgan fingerprint density at radius 2 is 1.95 bits per heavy atom. The predicted octanol–water partition coefficient (Wildman–Crippen LogP) is 3.42. The molecule has 0 unspecified atom stereocenters. The first-order chi connectivity index (χ1) is 8.91. The van der Waals surface area contributed by atoms with Crippen LogP contribution in [-0.4, -0.2) is 17.0 Å². The molecule has 104 valence electrons. The zero-order valence-corrected chi connectivity index (χ0v) is 11.8. The number of nitrogens with one attached hydrogen (secondary N) is 1. The number of carboxylic acids is 1. The normalized spacial score (nSPS) is 12.2. The lowest BCUT2D eigenvalue weighted by molar-refractivity contribution is -0.143. The molecule has 0 saturated heterocycles. The summed E-state index contributed by atoms with van der Waals surface area (Å²) in [4.78, 5) is 22.8. The van der Waals surface area contributed by atoms with Gasteiger partial charge in [-0.2, -0.15) is 0 Å². The van der Waals surface area contributed by atoms with E-state index in [9.17, 15) is 9.59 Å². The molecule has 4 nitrogen and oxygen atoms in total. The minimum absolute atomic E-state index is 0.00520. The molecule has 0 heterocycles. The van der Waals surface area contributed by atoms with Gasteiger partial charge in [-0.25, -0.2) is 0 Å². The quantitative estimate of drug-likeness (QED) is 0.841. The lowest BCUT2D eigenvalue weighted by Crippen LogP contribution is -2.22. The highest BCUT2D eigenvalue weighted by atomic mass is 35.5. The number of aliphatic carboxylic acids is 1. The Bertz CT molecular complexity index is 460. The largest absolute Gasteiger partial charge is 0.481 e. The molecule has 1 rings (SSSR count). The molecule has 0 aliphatic heterocycles. The topological polar surface area (TPSA) is 66.4 Å². The molecule has 1 aromatic carbocycles. The average molecular weight is 284 g/mol. The highest BCUT2D eigenvalue weighted by Gasteiger charge is 2.22. The van der Waals surface area contributed by atoms with Crippen molar-refractivity contribution < 1.29 is 14.7 Å². The first-order valence-corrected chi connectivity index (χ1v) is 6.56. The summed E-state index contributed by atoms with van der Waals surface area (Å²) in [6.45, 7) is 3.68. The number of hydrogen-bond acceptors (Lipinski definition) is 2. The number of halogens is 1. The van der Waals surface area contributed by atoms with E-state index in [0.29, 0.717) is 17.1 Å². The fraction of sp³-hybridized carbons (Fsp3) is 0.429. The van der Waals surface area contributed by atoms with E-state index in [1.54, 1.807) is 24.3 Å². The molecule has 19 heavy (non-hydrogen) atoms. The van der Waals surface area contributed by atoms with Crippen molar-refractivity contribution in [2.45, 2.75) is 26.7 Å². The summed E-state index contributed by atoms with van der Waals surface area (Å²) >= 11 is 5.92. The summed E-state index contributed by atoms with van der Waals surface area (Å²) in [5.41, 5.74) is 0.547. The van der Waals surface area contributed by atoms with Crippen molar-refractivity contribution in [1.82, 2.24) is 0 Å². The maximum Gasteiger partial charge on any atom is 0.306 e. The van der Waals surface area contributed by atoms with Crippen molar-refractivity contribution in [3.05, 3.63) is 29.3 Å². The van der Waals surface area contributed by atoms with E-state index in [0.717, 1.165) is 0 Å². The van der Waals surface area contributed by atoms with E-state index in [4.69, 9.17) is 16.7 Å². The van der Waals surface area contributed by atoms with E-state index in [-0.39, 0.29) is 18.2 Å². The van der Waals surface area contributed by atoms with Crippen LogP contribution < -0.4 is 5.32 Å². The number of anilines is 1. The lowest BCUT2D eigenvalue weighted by Gasteiger charge is -2.15. The third kappa shape index (κ3) is 4.91. The summed E-state index contributed by atoms with van der Waals surface area (Å²) < 4.78 is 0. The second-order valence-electron chi connectivity index (χ2n) is 4.76. The van der Waals surface area contributed by atoms with Gasteiger partial charge in [-0.3, -0.25) is 9.59 Å². The van der Waals surface area contributed by atoms with Crippen LogP contribution in [0.2, 0.25) is 5.02 Å². The van der Waals surface area contributed by atoms with Crippen molar-refractivity contribution in [1.29, 1.82) is 0 Å². The first-order valence-electron chi connectivity index (χ1n) is 6.19. The van der Waals surface area contributed by atoms with Crippen LogP contribution in [0.4, 0.5) is 5.69 Å². The van der Waals surface area contributed by atoms with Crippen molar-refractivity contribution in [2.24, 2.45) is 11.8 Å². The zero-order chi connectivity index (χ0) is 14.4. The van der Waals surface area contributed by atoms with Gasteiger partial charge in [0.25, 0.3) is 0 Å². The Morgan fingerprint density at radius 1 is 1.32 bits per heavy atom. The van der Waals surface area contributed by atoms with Gasteiger partial charge in [0, 0.05) is 6.42 Å². The van der Waals surface area contributed by atoms with Crippen molar-refractivity contribution in [3.8, 4) is 0 Å². The molecule has 1 amide bonds. The van der Waals surface area contributed by atoms with Crippen molar-refractivity contribution in [2.75, 3.05) is 5.32 Å². The molecule has 0 aromatic heterocycles. The maximum atomic E-state index is 11.8. The summed E-state index contributed by atoms with van der Waals surface area (Å²) in [7, 11) is 0. The number of carboxylic acid groups (broad SMARTS) is 1. The summed E-state index contributed by atoms with van der Waals surface area (Å²) in [5, 5.41) is 12.2. The van der Waals surface area contributed by atoms with Crippen LogP contribution in [0.25, 0.3) is 0 Å². The van der Waals surface area contributed by atoms with E-state index in [1.807, 2.05) is 13.8 Å². The van der Waals surface area contributed by atoms with Gasteiger partial charge in [-0.15, -0.1) is 0 Å². The summed E-state index contributed by atoms with van der Waals surface area (Å²) in [6.07, 6.45) is 0.490. The molecule has 1 atom stereocenters. The number of rotatable bonds is 6. The van der Waals surface area contributed by atoms with E-state index < -0.39 is 11.9 Å². The van der Waals surface area contributed by atoms with Gasteiger partial charge in [0.2, 0.25) is 5.91 Å². The van der Waals surface area contributed by atoms with Gasteiger partial charge >= 0.3 is 5.97 Å². The standard InChI is InChI=1S/C14H18ClNO3/c1-9(2)10(14(18)19)7-8-13(17)16-12-6-4-3-5-11(12)15/h3-6,9-10H,7-8H2,1-2H3,(H,16,17)(H,18,19)/t10-/m1/s1. The highest BCUT2D eigenvalue weighted by molar-refractivity contribution is 6.33. The van der Waals surface area contributed by atoms with Crippen LogP contribution in [0, 0.1) is 11.8 Å². The Kier molecular flexibility index (Phi) is 5.83. The molecule has 5 heteroatoms. The number of carbonyl (C=O) groups is 2. The minimum atomic E-state index is -0.861. The number of carbonyl (C=O) groups excluding carboxylic acids is 1. The van der Waals surface area contributed by atoms with Gasteiger partial charge < -0.3 is 10.4 Å². The van der Waals surface area contributed by atoms with E-state index in [1.165, 1.54) is 0 Å². The van der Waals surface area contributed by atoms with Crippen LogP contribution in [0.5, 0.6) is 0 Å². The molecule has 0 aliphatic carbocycles. The molecular formula is C14H18ClNO3. The smallest absolute Gasteiger partial charge is 0.306 e. The third-order valence-electron chi connectivity index (χ3n) is 2.95. The number of para-hydroxylation sites is 1. The maximum absolute atomic E-state index is 11.8. The van der Waals surface area contributed by atoms with Gasteiger partial charge in [0.05, 0.1) is 16.6 Å². The van der Waals surface area contributed by atoms with Crippen LogP contribution >= 0.6 is 11.6 Å². The fourth-order valence-electron chi connectivity index (χ4n) is 1.80. The monoisotopic (exact) mass is 283 g/mol. The highest BCUT2D eigenvalue weighted by Crippen LogP contribution is 2.22. The Labute approximate surface area is 117 Å². The van der Waals surface area contributed by atoms with Gasteiger partial charge in [0.1, 0.15) is 0 Å². The number of hydrogen-bond donors (Lipinski definition) is 2. The van der Waals surface area contributed by atoms with Crippen LogP contribution in [-0.2, 0) is 9.59 Å². The summed E-state index contributed by atoms with van der Waals surface area (Å²) in [6, 6.07) is 6.94. The number of benzene rings is 1. The van der Waals surface area contributed by atoms with E-state index >= 15 is 0 Å². The second-order valence-corrected chi connectivity index (χ2v) is 5.16. The van der Waals surface area contributed by atoms with Gasteiger partial charge in [-0.1, -0.05) is 37.6 Å². The first kappa shape index (κ1) is 15.5. The predicted molar refractivity (Wildman–Crippen MR) is 75.3 cm³/mol. The number of amides is 1. The van der Waals surface area contributed by atoms with Crippen LogP contribution in [0.15, 0.2) is 24.3 Å². The van der Waals surface area contributed by atoms with Gasteiger partial charge in [0.15, 0.2) is 0 Å². The molecule has 0 aliphatic rings. The molecule has 0 saturated carbocycles. The van der Waals surface area contributed by atoms with Crippen LogP contribution in [0.3, 0.4) is 0 Å². The Morgan fingerprint density at radius 3 is 2.47 bits per heavy atom.